The summed E-state index contributed by atoms with van der Waals surface area (Å²) in [6.07, 6.45) is 4.93. The quantitative estimate of drug-likeness (QED) is 0.639. The molecule has 5 heteroatoms. The topological polar surface area (TPSA) is 45.2 Å². The van der Waals surface area contributed by atoms with Gasteiger partial charge in [0.05, 0.1) is 16.3 Å². The van der Waals surface area contributed by atoms with E-state index in [4.69, 9.17) is 4.98 Å². The summed E-state index contributed by atoms with van der Waals surface area (Å²) < 4.78 is 1.21. The van der Waals surface area contributed by atoms with Crippen molar-refractivity contribution in [2.75, 3.05) is 18.4 Å². The van der Waals surface area contributed by atoms with Crippen molar-refractivity contribution < 1.29 is 4.79 Å². The van der Waals surface area contributed by atoms with Crippen molar-refractivity contribution in [3.05, 3.63) is 48.0 Å². The fourth-order valence-corrected chi connectivity index (χ4v) is 4.82. The van der Waals surface area contributed by atoms with E-state index in [2.05, 4.69) is 35.3 Å². The lowest BCUT2D eigenvalue weighted by atomic mass is 10.2. The summed E-state index contributed by atoms with van der Waals surface area (Å²) in [5, 5.41) is 4.09. The Morgan fingerprint density at radius 2 is 1.79 bits per heavy atom. The molecule has 4 rings (SSSR count). The van der Waals surface area contributed by atoms with E-state index in [0.29, 0.717) is 0 Å². The molecule has 2 heterocycles. The number of nitrogens with one attached hydrogen (secondary N) is 1. The Kier molecular flexibility index (Phi) is 5.74. The van der Waals surface area contributed by atoms with Gasteiger partial charge in [0, 0.05) is 11.3 Å². The fourth-order valence-electron chi connectivity index (χ4n) is 3.75. The van der Waals surface area contributed by atoms with Gasteiger partial charge in [0.25, 0.3) is 0 Å². The van der Waals surface area contributed by atoms with Crippen LogP contribution in [-0.4, -0.2) is 34.9 Å². The number of likely N-dealkylation sites (tertiary alicyclic amines) is 1. The first-order valence-electron chi connectivity index (χ1n) is 10.1. The van der Waals surface area contributed by atoms with Crippen molar-refractivity contribution in [2.45, 2.75) is 45.6 Å². The molecule has 1 aliphatic heterocycles. The molecule has 0 bridgehead atoms. The molecular weight excluding hydrogens is 366 g/mol. The third-order valence-electron chi connectivity index (χ3n) is 5.51. The molecule has 0 spiro atoms. The van der Waals surface area contributed by atoms with E-state index >= 15 is 0 Å². The van der Waals surface area contributed by atoms with Crippen molar-refractivity contribution in [2.24, 2.45) is 0 Å². The van der Waals surface area contributed by atoms with Gasteiger partial charge in [-0.25, -0.2) is 4.98 Å². The van der Waals surface area contributed by atoms with E-state index in [1.807, 2.05) is 31.2 Å². The number of benzene rings is 2. The fraction of sp³-hybridized carbons (Fsp3) is 0.391. The summed E-state index contributed by atoms with van der Waals surface area (Å²) in [6.45, 7) is 6.15. The summed E-state index contributed by atoms with van der Waals surface area (Å²) in [6, 6.07) is 14.3. The van der Waals surface area contributed by atoms with Crippen LogP contribution in [0.3, 0.4) is 0 Å². The van der Waals surface area contributed by atoms with Gasteiger partial charge in [-0.05, 0) is 81.7 Å². The molecule has 1 saturated heterocycles. The van der Waals surface area contributed by atoms with Gasteiger partial charge in [-0.1, -0.05) is 18.9 Å². The van der Waals surface area contributed by atoms with Gasteiger partial charge in [-0.15, -0.1) is 11.3 Å². The lowest BCUT2D eigenvalue weighted by Gasteiger charge is -2.26. The van der Waals surface area contributed by atoms with Crippen LogP contribution < -0.4 is 5.32 Å². The minimum absolute atomic E-state index is 0.0742. The number of rotatable bonds is 4. The van der Waals surface area contributed by atoms with Crippen molar-refractivity contribution in [1.29, 1.82) is 0 Å². The average molecular weight is 394 g/mol. The standard InChI is InChI=1S/C23H27N3OS/c1-16-7-12-20-21(15-16)28-23(25-20)18-8-10-19(11-9-18)24-22(27)17(2)26-13-5-3-4-6-14-26/h7-12,15,17H,3-6,13-14H2,1-2H3,(H,24,27)/t17-/m0/s1. The zero-order valence-corrected chi connectivity index (χ0v) is 17.4. The van der Waals surface area contributed by atoms with Gasteiger partial charge in [0.2, 0.25) is 5.91 Å². The maximum absolute atomic E-state index is 12.7. The van der Waals surface area contributed by atoms with E-state index in [0.717, 1.165) is 34.9 Å². The maximum atomic E-state index is 12.7. The van der Waals surface area contributed by atoms with Gasteiger partial charge in [0.1, 0.15) is 5.01 Å². The average Bonchev–Trinajstić information content (AvgIpc) is 2.93. The van der Waals surface area contributed by atoms with Gasteiger partial charge < -0.3 is 5.32 Å². The smallest absolute Gasteiger partial charge is 0.241 e. The minimum Gasteiger partial charge on any atom is -0.325 e. The molecule has 0 radical (unpaired) electrons. The second-order valence-electron chi connectivity index (χ2n) is 7.68. The number of anilines is 1. The molecule has 28 heavy (non-hydrogen) atoms. The number of carbonyl (C=O) groups is 1. The van der Waals surface area contributed by atoms with Crippen LogP contribution in [-0.2, 0) is 4.79 Å². The molecule has 146 valence electrons. The van der Waals surface area contributed by atoms with Crippen LogP contribution in [0.4, 0.5) is 5.69 Å². The van der Waals surface area contributed by atoms with Crippen LogP contribution in [0.15, 0.2) is 42.5 Å². The molecule has 1 aliphatic rings. The third-order valence-corrected chi connectivity index (χ3v) is 6.58. The highest BCUT2D eigenvalue weighted by molar-refractivity contribution is 7.21. The molecule has 1 amide bonds. The number of hydrogen-bond donors (Lipinski definition) is 1. The van der Waals surface area contributed by atoms with Crippen LogP contribution in [0.2, 0.25) is 0 Å². The highest BCUT2D eigenvalue weighted by Crippen LogP contribution is 2.31. The maximum Gasteiger partial charge on any atom is 0.241 e. The van der Waals surface area contributed by atoms with Crippen molar-refractivity contribution in [1.82, 2.24) is 9.88 Å². The lowest BCUT2D eigenvalue weighted by molar-refractivity contribution is -0.120. The summed E-state index contributed by atoms with van der Waals surface area (Å²) in [4.78, 5) is 19.7. The predicted octanol–water partition coefficient (Wildman–Crippen LogP) is 5.47. The highest BCUT2D eigenvalue weighted by Gasteiger charge is 2.22. The molecule has 4 nitrogen and oxygen atoms in total. The number of aryl methyl sites for hydroxylation is 1. The lowest BCUT2D eigenvalue weighted by Crippen LogP contribution is -2.42. The van der Waals surface area contributed by atoms with Crippen molar-refractivity contribution >= 4 is 33.1 Å². The van der Waals surface area contributed by atoms with Gasteiger partial charge in [0.15, 0.2) is 0 Å². The summed E-state index contributed by atoms with van der Waals surface area (Å²) in [5.74, 6) is 0.0742. The molecule has 1 aromatic heterocycles. The normalized spacial score (nSPS) is 16.6. The number of nitrogens with zero attached hydrogens (tertiary/aromatic N) is 2. The Morgan fingerprint density at radius 1 is 1.07 bits per heavy atom. The van der Waals surface area contributed by atoms with E-state index in [9.17, 15) is 4.79 Å². The summed E-state index contributed by atoms with van der Waals surface area (Å²) in [5.41, 5.74) is 4.21. The van der Waals surface area contributed by atoms with Crippen molar-refractivity contribution in [3.63, 3.8) is 0 Å². The molecule has 0 unspecified atom stereocenters. The Labute approximate surface area is 170 Å². The molecule has 0 aliphatic carbocycles. The first-order valence-corrected chi connectivity index (χ1v) is 10.9. The SMILES string of the molecule is Cc1ccc2nc(-c3ccc(NC(=O)[C@H](C)N4CCCCCC4)cc3)sc2c1. The van der Waals surface area contributed by atoms with Crippen LogP contribution >= 0.6 is 11.3 Å². The molecule has 0 saturated carbocycles. The van der Waals surface area contributed by atoms with E-state index in [-0.39, 0.29) is 11.9 Å². The largest absolute Gasteiger partial charge is 0.325 e. The summed E-state index contributed by atoms with van der Waals surface area (Å²) in [7, 11) is 0. The van der Waals surface area contributed by atoms with Crippen molar-refractivity contribution in [3.8, 4) is 10.6 Å². The number of thiazole rings is 1. The van der Waals surface area contributed by atoms with Crippen LogP contribution in [0.5, 0.6) is 0 Å². The monoisotopic (exact) mass is 393 g/mol. The van der Waals surface area contributed by atoms with Gasteiger partial charge >= 0.3 is 0 Å². The third kappa shape index (κ3) is 4.26. The van der Waals surface area contributed by atoms with E-state index < -0.39 is 0 Å². The second kappa shape index (κ2) is 8.41. The zero-order valence-electron chi connectivity index (χ0n) is 16.6. The molecular formula is C23H27N3OS. The Balaban J connectivity index is 1.44. The highest BCUT2D eigenvalue weighted by atomic mass is 32.1. The van der Waals surface area contributed by atoms with E-state index in [1.54, 1.807) is 11.3 Å². The number of carbonyl (C=O) groups excluding carboxylic acids is 1. The van der Waals surface area contributed by atoms with E-state index in [1.165, 1.54) is 35.9 Å². The molecule has 1 fully saturated rings. The Bertz CT molecular complexity index is 956. The first-order chi connectivity index (χ1) is 13.6. The number of aromatic nitrogens is 1. The molecule has 1 atom stereocenters. The van der Waals surface area contributed by atoms with Crippen LogP contribution in [0, 0.1) is 6.92 Å². The Hall–Kier alpha value is -2.24. The number of hydrogen-bond acceptors (Lipinski definition) is 4. The molecule has 3 aromatic rings. The van der Waals surface area contributed by atoms with Gasteiger partial charge in [-0.3, -0.25) is 9.69 Å². The Morgan fingerprint density at radius 3 is 2.50 bits per heavy atom. The molecule has 2 aromatic carbocycles. The van der Waals surface area contributed by atoms with Gasteiger partial charge in [-0.2, -0.15) is 0 Å². The zero-order chi connectivity index (χ0) is 19.5. The second-order valence-corrected chi connectivity index (χ2v) is 8.71. The number of amides is 1. The summed E-state index contributed by atoms with van der Waals surface area (Å²) >= 11 is 1.70. The molecule has 1 N–H and O–H groups in total. The first kappa shape index (κ1) is 19.1. The van der Waals surface area contributed by atoms with Crippen LogP contribution in [0.1, 0.15) is 38.2 Å². The predicted molar refractivity (Wildman–Crippen MR) is 118 cm³/mol. The number of fused-ring (bicyclic) bond motifs is 1. The van der Waals surface area contributed by atoms with Crippen LogP contribution in [0.25, 0.3) is 20.8 Å². The minimum atomic E-state index is -0.0923.